The number of halogens is 1. The molecule has 12 heavy (non-hydrogen) atoms. The third-order valence-corrected chi connectivity index (χ3v) is 1.93. The molecule has 0 fully saturated rings. The van der Waals surface area contributed by atoms with Crippen LogP contribution < -0.4 is 10.0 Å². The van der Waals surface area contributed by atoms with E-state index in [1.54, 1.807) is 24.3 Å². The first-order chi connectivity index (χ1) is 5.47. The van der Waals surface area contributed by atoms with Gasteiger partial charge in [0.05, 0.1) is 0 Å². The molecular weight excluding hydrogens is 197 g/mol. The second kappa shape index (κ2) is 3.48. The van der Waals surface area contributed by atoms with Gasteiger partial charge in [-0.3, -0.25) is 4.57 Å². The van der Waals surface area contributed by atoms with Gasteiger partial charge in [0.1, 0.15) is 5.75 Å². The maximum atomic E-state index is 11.0. The number of hydrogen-bond acceptors (Lipinski definition) is 2. The molecule has 0 saturated heterocycles. The summed E-state index contributed by atoms with van der Waals surface area (Å²) in [4.78, 5) is 0. The first-order valence-corrected chi connectivity index (χ1v) is 5.80. The normalized spacial score (nSPS) is 15.2. The van der Waals surface area contributed by atoms with Crippen LogP contribution in [-0.2, 0) is 4.57 Å². The SMILES string of the molecule is C[P@](N)(=O)Oc1ccc(Cl)cc1. The third kappa shape index (κ3) is 3.26. The Kier molecular flexibility index (Phi) is 2.78. The van der Waals surface area contributed by atoms with Gasteiger partial charge >= 0.3 is 7.52 Å². The second-order valence-electron chi connectivity index (χ2n) is 2.45. The van der Waals surface area contributed by atoms with E-state index >= 15 is 0 Å². The Morgan fingerprint density at radius 3 is 2.33 bits per heavy atom. The third-order valence-electron chi connectivity index (χ3n) is 1.10. The highest BCUT2D eigenvalue weighted by Crippen LogP contribution is 2.34. The number of rotatable bonds is 2. The van der Waals surface area contributed by atoms with Crippen LogP contribution >= 0.6 is 19.1 Å². The van der Waals surface area contributed by atoms with Crippen LogP contribution in [0.4, 0.5) is 0 Å². The molecule has 0 aromatic heterocycles. The fraction of sp³-hybridized carbons (Fsp3) is 0.143. The quantitative estimate of drug-likeness (QED) is 0.755. The van der Waals surface area contributed by atoms with Gasteiger partial charge in [-0.05, 0) is 24.3 Å². The highest BCUT2D eigenvalue weighted by molar-refractivity contribution is 7.56. The Hall–Kier alpha value is -0.500. The smallest absolute Gasteiger partial charge is 0.310 e. The summed E-state index contributed by atoms with van der Waals surface area (Å²) in [6.45, 7) is 1.35. The molecule has 2 N–H and O–H groups in total. The highest BCUT2D eigenvalue weighted by Gasteiger charge is 2.08. The van der Waals surface area contributed by atoms with Gasteiger partial charge in [0.2, 0.25) is 0 Å². The van der Waals surface area contributed by atoms with Crippen LogP contribution in [0.25, 0.3) is 0 Å². The van der Waals surface area contributed by atoms with Gasteiger partial charge in [0, 0.05) is 11.7 Å². The van der Waals surface area contributed by atoms with E-state index in [9.17, 15) is 4.57 Å². The van der Waals surface area contributed by atoms with Crippen molar-refractivity contribution >= 4 is 19.1 Å². The van der Waals surface area contributed by atoms with Crippen LogP contribution in [0.3, 0.4) is 0 Å². The molecule has 0 heterocycles. The molecule has 0 aliphatic carbocycles. The zero-order valence-electron chi connectivity index (χ0n) is 6.53. The van der Waals surface area contributed by atoms with Crippen molar-refractivity contribution in [1.82, 2.24) is 0 Å². The lowest BCUT2D eigenvalue weighted by atomic mass is 10.3. The molecular formula is C7H9ClNO2P. The summed E-state index contributed by atoms with van der Waals surface area (Å²) in [5, 5.41) is 0.602. The molecule has 1 rings (SSSR count). The molecule has 1 aromatic rings. The van der Waals surface area contributed by atoms with Crippen molar-refractivity contribution in [2.75, 3.05) is 6.66 Å². The summed E-state index contributed by atoms with van der Waals surface area (Å²) < 4.78 is 15.9. The van der Waals surface area contributed by atoms with E-state index in [4.69, 9.17) is 21.6 Å². The summed E-state index contributed by atoms with van der Waals surface area (Å²) in [6.07, 6.45) is 0. The first kappa shape index (κ1) is 9.59. The van der Waals surface area contributed by atoms with E-state index in [2.05, 4.69) is 0 Å². The van der Waals surface area contributed by atoms with Gasteiger partial charge < -0.3 is 4.52 Å². The molecule has 0 amide bonds. The monoisotopic (exact) mass is 205 g/mol. The average Bonchev–Trinajstić information content (AvgIpc) is 1.91. The van der Waals surface area contributed by atoms with Crippen LogP contribution in [0.15, 0.2) is 24.3 Å². The van der Waals surface area contributed by atoms with Gasteiger partial charge in [-0.2, -0.15) is 0 Å². The zero-order chi connectivity index (χ0) is 9.19. The molecule has 1 aromatic carbocycles. The van der Waals surface area contributed by atoms with Crippen LogP contribution in [0.2, 0.25) is 5.02 Å². The van der Waals surface area contributed by atoms with E-state index in [-0.39, 0.29) is 0 Å². The Balaban J connectivity index is 2.78. The van der Waals surface area contributed by atoms with Gasteiger partial charge in [0.25, 0.3) is 0 Å². The second-order valence-corrected chi connectivity index (χ2v) is 4.89. The number of nitrogens with two attached hydrogens (primary N) is 1. The van der Waals surface area contributed by atoms with E-state index in [0.29, 0.717) is 10.8 Å². The Morgan fingerprint density at radius 1 is 1.42 bits per heavy atom. The topological polar surface area (TPSA) is 52.3 Å². The predicted octanol–water partition coefficient (Wildman–Crippen LogP) is 2.50. The lowest BCUT2D eigenvalue weighted by Crippen LogP contribution is -1.99. The van der Waals surface area contributed by atoms with E-state index in [0.717, 1.165) is 0 Å². The van der Waals surface area contributed by atoms with Gasteiger partial charge in [-0.15, -0.1) is 0 Å². The van der Waals surface area contributed by atoms with E-state index in [1.807, 2.05) is 0 Å². The minimum Gasteiger partial charge on any atom is -0.433 e. The van der Waals surface area contributed by atoms with Gasteiger partial charge in [0.15, 0.2) is 0 Å². The maximum absolute atomic E-state index is 11.0. The molecule has 5 heteroatoms. The number of benzene rings is 1. The summed E-state index contributed by atoms with van der Waals surface area (Å²) >= 11 is 5.63. The van der Waals surface area contributed by atoms with Crippen molar-refractivity contribution in [2.24, 2.45) is 5.50 Å². The Labute approximate surface area is 76.0 Å². The summed E-state index contributed by atoms with van der Waals surface area (Å²) in [6, 6.07) is 6.52. The lowest BCUT2D eigenvalue weighted by Gasteiger charge is -2.08. The molecule has 66 valence electrons. The van der Waals surface area contributed by atoms with Crippen LogP contribution in [0.5, 0.6) is 5.75 Å². The molecule has 0 aliphatic heterocycles. The van der Waals surface area contributed by atoms with Crippen LogP contribution in [0.1, 0.15) is 0 Å². The summed E-state index contributed by atoms with van der Waals surface area (Å²) in [5.74, 6) is 0.465. The van der Waals surface area contributed by atoms with Gasteiger partial charge in [-0.1, -0.05) is 11.6 Å². The fourth-order valence-corrected chi connectivity index (χ4v) is 1.37. The summed E-state index contributed by atoms with van der Waals surface area (Å²) in [5.41, 5.74) is 5.21. The van der Waals surface area contributed by atoms with Gasteiger partial charge in [-0.25, -0.2) is 5.50 Å². The van der Waals surface area contributed by atoms with E-state index < -0.39 is 7.52 Å². The molecule has 0 spiro atoms. The molecule has 0 radical (unpaired) electrons. The largest absolute Gasteiger partial charge is 0.433 e. The first-order valence-electron chi connectivity index (χ1n) is 3.29. The average molecular weight is 206 g/mol. The maximum Gasteiger partial charge on any atom is 0.310 e. The lowest BCUT2D eigenvalue weighted by molar-refractivity contribution is 0.489. The molecule has 3 nitrogen and oxygen atoms in total. The van der Waals surface area contributed by atoms with Crippen molar-refractivity contribution in [1.29, 1.82) is 0 Å². The van der Waals surface area contributed by atoms with E-state index in [1.165, 1.54) is 6.66 Å². The van der Waals surface area contributed by atoms with Crippen molar-refractivity contribution in [3.63, 3.8) is 0 Å². The zero-order valence-corrected chi connectivity index (χ0v) is 8.18. The highest BCUT2D eigenvalue weighted by atomic mass is 35.5. The fourth-order valence-electron chi connectivity index (χ4n) is 0.705. The molecule has 0 aliphatic rings. The van der Waals surface area contributed by atoms with Crippen molar-refractivity contribution in [2.45, 2.75) is 0 Å². The van der Waals surface area contributed by atoms with Crippen molar-refractivity contribution in [3.05, 3.63) is 29.3 Å². The molecule has 0 saturated carbocycles. The minimum atomic E-state index is -2.95. The Bertz CT molecular complexity index is 306. The number of hydrogen-bond donors (Lipinski definition) is 1. The minimum absolute atomic E-state index is 0.465. The molecule has 1 atom stereocenters. The standard InChI is InChI=1S/C7H9ClNO2P/c1-12(9,10)11-7-4-2-6(8)3-5-7/h2-5H,1H3,(H2,9,10)/t12-/m0/s1. The van der Waals surface area contributed by atoms with Crippen LogP contribution in [0, 0.1) is 0 Å². The van der Waals surface area contributed by atoms with Crippen LogP contribution in [-0.4, -0.2) is 6.66 Å². The van der Waals surface area contributed by atoms with Crippen molar-refractivity contribution in [3.8, 4) is 5.75 Å². The molecule has 0 bridgehead atoms. The predicted molar refractivity (Wildman–Crippen MR) is 49.8 cm³/mol. The van der Waals surface area contributed by atoms with Crippen molar-refractivity contribution < 1.29 is 9.09 Å². The summed E-state index contributed by atoms with van der Waals surface area (Å²) in [7, 11) is -2.95. The Morgan fingerprint density at radius 2 is 1.92 bits per heavy atom. The molecule has 0 unspecified atom stereocenters.